The van der Waals surface area contributed by atoms with Crippen LogP contribution in [-0.4, -0.2) is 43.5 Å². The van der Waals surface area contributed by atoms with E-state index >= 15 is 0 Å². The Morgan fingerprint density at radius 1 is 1.53 bits per heavy atom. The van der Waals surface area contributed by atoms with E-state index in [1.54, 1.807) is 7.11 Å². The van der Waals surface area contributed by atoms with Gasteiger partial charge in [-0.25, -0.2) is 0 Å². The standard InChI is InChI=1S/C11H20N4O2/c1-8(12-2)10-13-14-11(17-10)15-6-4-5-9(7-15)16-3/h8-9,12H,4-7H2,1-3H3. The van der Waals surface area contributed by atoms with Crippen LogP contribution in [0.15, 0.2) is 4.42 Å². The van der Waals surface area contributed by atoms with Gasteiger partial charge in [0.05, 0.1) is 12.1 Å². The molecule has 0 aromatic carbocycles. The molecule has 2 unspecified atom stereocenters. The molecule has 0 bridgehead atoms. The highest BCUT2D eigenvalue weighted by molar-refractivity contribution is 5.25. The predicted octanol–water partition coefficient (Wildman–Crippen LogP) is 0.965. The van der Waals surface area contributed by atoms with E-state index in [4.69, 9.17) is 9.15 Å². The molecule has 96 valence electrons. The highest BCUT2D eigenvalue weighted by Gasteiger charge is 2.24. The number of aromatic nitrogens is 2. The lowest BCUT2D eigenvalue weighted by molar-refractivity contribution is 0.0878. The van der Waals surface area contributed by atoms with E-state index in [2.05, 4.69) is 20.4 Å². The number of hydrogen-bond donors (Lipinski definition) is 1. The summed E-state index contributed by atoms with van der Waals surface area (Å²) in [6.07, 6.45) is 2.46. The second kappa shape index (κ2) is 5.46. The molecule has 6 nitrogen and oxygen atoms in total. The van der Waals surface area contributed by atoms with Gasteiger partial charge in [-0.2, -0.15) is 0 Å². The first kappa shape index (κ1) is 12.3. The van der Waals surface area contributed by atoms with Gasteiger partial charge in [0, 0.05) is 20.2 Å². The largest absolute Gasteiger partial charge is 0.406 e. The van der Waals surface area contributed by atoms with E-state index < -0.39 is 0 Å². The lowest BCUT2D eigenvalue weighted by atomic mass is 10.1. The number of methoxy groups -OCH3 is 1. The molecule has 1 aromatic heterocycles. The molecule has 1 aliphatic heterocycles. The van der Waals surface area contributed by atoms with Gasteiger partial charge in [-0.1, -0.05) is 5.10 Å². The zero-order chi connectivity index (χ0) is 12.3. The van der Waals surface area contributed by atoms with Gasteiger partial charge in [-0.3, -0.25) is 0 Å². The van der Waals surface area contributed by atoms with Gasteiger partial charge in [0.1, 0.15) is 0 Å². The minimum atomic E-state index is 0.0827. The Morgan fingerprint density at radius 2 is 2.35 bits per heavy atom. The zero-order valence-electron chi connectivity index (χ0n) is 10.6. The number of piperidine rings is 1. The minimum absolute atomic E-state index is 0.0827. The SMILES string of the molecule is CNC(C)c1nnc(N2CCCC(OC)C2)o1. The summed E-state index contributed by atoms with van der Waals surface area (Å²) in [7, 11) is 3.62. The van der Waals surface area contributed by atoms with Crippen molar-refractivity contribution in [2.24, 2.45) is 0 Å². The molecule has 0 aliphatic carbocycles. The molecule has 0 amide bonds. The molecule has 17 heavy (non-hydrogen) atoms. The van der Waals surface area contributed by atoms with Crippen LogP contribution < -0.4 is 10.2 Å². The highest BCUT2D eigenvalue weighted by atomic mass is 16.5. The minimum Gasteiger partial charge on any atom is -0.406 e. The van der Waals surface area contributed by atoms with Crippen molar-refractivity contribution in [2.45, 2.75) is 31.9 Å². The lowest BCUT2D eigenvalue weighted by Gasteiger charge is -2.30. The molecular weight excluding hydrogens is 220 g/mol. The molecule has 0 radical (unpaired) electrons. The van der Waals surface area contributed by atoms with Crippen molar-refractivity contribution >= 4 is 6.01 Å². The summed E-state index contributed by atoms with van der Waals surface area (Å²) in [5, 5.41) is 11.2. The van der Waals surface area contributed by atoms with Crippen LogP contribution >= 0.6 is 0 Å². The van der Waals surface area contributed by atoms with E-state index in [9.17, 15) is 0 Å². The quantitative estimate of drug-likeness (QED) is 0.846. The first-order chi connectivity index (χ1) is 8.24. The summed E-state index contributed by atoms with van der Waals surface area (Å²) in [4.78, 5) is 2.09. The third kappa shape index (κ3) is 2.76. The molecule has 1 aromatic rings. The third-order valence-electron chi connectivity index (χ3n) is 3.22. The molecular formula is C11H20N4O2. The Labute approximate surface area is 101 Å². The molecule has 6 heteroatoms. The monoisotopic (exact) mass is 240 g/mol. The first-order valence-corrected chi connectivity index (χ1v) is 6.03. The second-order valence-electron chi connectivity index (χ2n) is 4.38. The fraction of sp³-hybridized carbons (Fsp3) is 0.818. The maximum Gasteiger partial charge on any atom is 0.318 e. The van der Waals surface area contributed by atoms with Crippen molar-refractivity contribution in [2.75, 3.05) is 32.1 Å². The number of hydrogen-bond acceptors (Lipinski definition) is 6. The van der Waals surface area contributed by atoms with Gasteiger partial charge in [-0.05, 0) is 26.8 Å². The summed E-state index contributed by atoms with van der Waals surface area (Å²) in [5.74, 6) is 0.627. The number of nitrogens with one attached hydrogen (secondary N) is 1. The Morgan fingerprint density at radius 3 is 3.06 bits per heavy atom. The maximum atomic E-state index is 5.65. The molecule has 2 heterocycles. The lowest BCUT2D eigenvalue weighted by Crippen LogP contribution is -2.39. The van der Waals surface area contributed by atoms with Crippen LogP contribution in [-0.2, 0) is 4.74 Å². The van der Waals surface area contributed by atoms with Crippen LogP contribution in [0.3, 0.4) is 0 Å². The van der Waals surface area contributed by atoms with Gasteiger partial charge in [0.25, 0.3) is 0 Å². The summed E-state index contributed by atoms with van der Waals surface area (Å²) in [6.45, 7) is 3.77. The van der Waals surface area contributed by atoms with Gasteiger partial charge in [0.2, 0.25) is 5.89 Å². The third-order valence-corrected chi connectivity index (χ3v) is 3.22. The van der Waals surface area contributed by atoms with Crippen molar-refractivity contribution in [3.05, 3.63) is 5.89 Å². The molecule has 1 N–H and O–H groups in total. The molecule has 0 saturated carbocycles. The number of ether oxygens (including phenoxy) is 1. The van der Waals surface area contributed by atoms with Crippen molar-refractivity contribution in [3.63, 3.8) is 0 Å². The zero-order valence-corrected chi connectivity index (χ0v) is 10.6. The normalized spacial score (nSPS) is 22.8. The van der Waals surface area contributed by atoms with Crippen molar-refractivity contribution in [3.8, 4) is 0 Å². The van der Waals surface area contributed by atoms with Crippen LogP contribution in [0, 0.1) is 0 Å². The number of rotatable bonds is 4. The van der Waals surface area contributed by atoms with E-state index in [0.717, 1.165) is 25.9 Å². The van der Waals surface area contributed by atoms with E-state index in [1.165, 1.54) is 0 Å². The predicted molar refractivity (Wildman–Crippen MR) is 64.0 cm³/mol. The number of anilines is 1. The average molecular weight is 240 g/mol. The molecule has 2 atom stereocenters. The maximum absolute atomic E-state index is 5.65. The first-order valence-electron chi connectivity index (χ1n) is 6.03. The molecule has 0 spiro atoms. The Hall–Kier alpha value is -1.14. The van der Waals surface area contributed by atoms with Crippen LogP contribution in [0.2, 0.25) is 0 Å². The van der Waals surface area contributed by atoms with Gasteiger partial charge >= 0.3 is 6.01 Å². The van der Waals surface area contributed by atoms with Crippen molar-refractivity contribution < 1.29 is 9.15 Å². The van der Waals surface area contributed by atoms with E-state index in [-0.39, 0.29) is 12.1 Å². The fourth-order valence-electron chi connectivity index (χ4n) is 1.96. The molecule has 2 rings (SSSR count). The molecule has 1 saturated heterocycles. The Balaban J connectivity index is 2.04. The van der Waals surface area contributed by atoms with E-state index in [0.29, 0.717) is 11.9 Å². The average Bonchev–Trinajstić information content (AvgIpc) is 2.87. The molecule has 1 fully saturated rings. The van der Waals surface area contributed by atoms with Crippen LogP contribution in [0.1, 0.15) is 31.7 Å². The van der Waals surface area contributed by atoms with Crippen LogP contribution in [0.5, 0.6) is 0 Å². The highest BCUT2D eigenvalue weighted by Crippen LogP contribution is 2.21. The van der Waals surface area contributed by atoms with Gasteiger partial charge in [0.15, 0.2) is 0 Å². The Kier molecular flexibility index (Phi) is 3.96. The fourth-order valence-corrected chi connectivity index (χ4v) is 1.96. The van der Waals surface area contributed by atoms with Crippen LogP contribution in [0.4, 0.5) is 6.01 Å². The van der Waals surface area contributed by atoms with Crippen molar-refractivity contribution in [1.82, 2.24) is 15.5 Å². The summed E-state index contributed by atoms with van der Waals surface area (Å²) < 4.78 is 11.0. The second-order valence-corrected chi connectivity index (χ2v) is 4.38. The Bertz CT molecular complexity index is 355. The smallest absolute Gasteiger partial charge is 0.318 e. The topological polar surface area (TPSA) is 63.4 Å². The van der Waals surface area contributed by atoms with E-state index in [1.807, 2.05) is 14.0 Å². The molecule has 1 aliphatic rings. The van der Waals surface area contributed by atoms with Crippen molar-refractivity contribution in [1.29, 1.82) is 0 Å². The summed E-state index contributed by atoms with van der Waals surface area (Å²) >= 11 is 0. The summed E-state index contributed by atoms with van der Waals surface area (Å²) in [5.41, 5.74) is 0. The summed E-state index contributed by atoms with van der Waals surface area (Å²) in [6, 6.07) is 0.683. The number of nitrogens with zero attached hydrogens (tertiary/aromatic N) is 3. The van der Waals surface area contributed by atoms with Crippen LogP contribution in [0.25, 0.3) is 0 Å². The van der Waals surface area contributed by atoms with Gasteiger partial charge in [-0.15, -0.1) is 5.10 Å². The van der Waals surface area contributed by atoms with Gasteiger partial charge < -0.3 is 19.4 Å².